The Labute approximate surface area is 122 Å². The van der Waals surface area contributed by atoms with E-state index >= 15 is 0 Å². The molecule has 0 fully saturated rings. The molecule has 1 aromatic carbocycles. The zero-order valence-corrected chi connectivity index (χ0v) is 11.8. The van der Waals surface area contributed by atoms with Crippen LogP contribution in [-0.2, 0) is 4.74 Å². The molecule has 1 aromatic rings. The van der Waals surface area contributed by atoms with Crippen molar-refractivity contribution in [2.75, 3.05) is 20.3 Å². The van der Waals surface area contributed by atoms with E-state index in [-0.39, 0.29) is 5.69 Å². The zero-order chi connectivity index (χ0) is 15.0. The highest BCUT2D eigenvalue weighted by atomic mass is 32.1. The van der Waals surface area contributed by atoms with Crippen molar-refractivity contribution < 1.29 is 9.66 Å². The van der Waals surface area contributed by atoms with E-state index in [1.165, 1.54) is 12.1 Å². The first-order valence-corrected chi connectivity index (χ1v) is 6.18. The van der Waals surface area contributed by atoms with Crippen LogP contribution in [0.1, 0.15) is 5.56 Å². The Bertz CT molecular complexity index is 507. The topological polar surface area (TPSA) is 88.5 Å². The molecule has 0 radical (unpaired) electrons. The summed E-state index contributed by atoms with van der Waals surface area (Å²) < 4.78 is 4.87. The number of thiocarbonyl (C=S) groups is 1. The maximum atomic E-state index is 10.7. The second-order valence-corrected chi connectivity index (χ2v) is 4.19. The zero-order valence-electron chi connectivity index (χ0n) is 11.0. The molecule has 0 aliphatic heterocycles. The number of hydrazine groups is 1. The Morgan fingerprint density at radius 3 is 2.90 bits per heavy atom. The van der Waals surface area contributed by atoms with Gasteiger partial charge in [0.15, 0.2) is 5.11 Å². The number of non-ortho nitro benzene ring substituents is 1. The van der Waals surface area contributed by atoms with Gasteiger partial charge in [0, 0.05) is 31.4 Å². The minimum absolute atomic E-state index is 0.00578. The first kappa shape index (κ1) is 15.9. The summed E-state index contributed by atoms with van der Waals surface area (Å²) in [4.78, 5) is 10.2. The molecule has 0 aromatic heterocycles. The van der Waals surface area contributed by atoms with Crippen LogP contribution in [0.4, 0.5) is 5.69 Å². The molecule has 0 saturated heterocycles. The number of hydrogen-bond acceptors (Lipinski definition) is 5. The molecule has 0 unspecified atom stereocenters. The van der Waals surface area contributed by atoms with Gasteiger partial charge in [-0.05, 0) is 12.2 Å². The Hall–Kier alpha value is -2.19. The van der Waals surface area contributed by atoms with Crippen LogP contribution >= 0.6 is 12.2 Å². The molecule has 0 saturated carbocycles. The van der Waals surface area contributed by atoms with Gasteiger partial charge in [0.05, 0.1) is 17.2 Å². The molecule has 7 nitrogen and oxygen atoms in total. The van der Waals surface area contributed by atoms with Gasteiger partial charge in [-0.3, -0.25) is 21.0 Å². The summed E-state index contributed by atoms with van der Waals surface area (Å²) in [5.41, 5.74) is 6.60. The molecule has 0 amide bonds. The van der Waals surface area contributed by atoms with Crippen molar-refractivity contribution in [3.8, 4) is 0 Å². The molecule has 0 heterocycles. The summed E-state index contributed by atoms with van der Waals surface area (Å²) >= 11 is 5.01. The van der Waals surface area contributed by atoms with E-state index in [4.69, 9.17) is 17.0 Å². The summed E-state index contributed by atoms with van der Waals surface area (Å²) in [5, 5.41) is 14.0. The lowest BCUT2D eigenvalue weighted by Crippen LogP contribution is -2.43. The Kier molecular flexibility index (Phi) is 6.41. The van der Waals surface area contributed by atoms with Crippen LogP contribution in [0.2, 0.25) is 0 Å². The number of rotatable bonds is 7. The lowest BCUT2D eigenvalue weighted by molar-refractivity contribution is -0.384. The summed E-state index contributed by atoms with van der Waals surface area (Å²) in [6.45, 7) is 4.90. The van der Waals surface area contributed by atoms with E-state index in [0.29, 0.717) is 29.5 Å². The van der Waals surface area contributed by atoms with Crippen LogP contribution in [0.25, 0.3) is 5.70 Å². The Morgan fingerprint density at radius 2 is 2.25 bits per heavy atom. The fourth-order valence-corrected chi connectivity index (χ4v) is 1.48. The monoisotopic (exact) mass is 296 g/mol. The van der Waals surface area contributed by atoms with Gasteiger partial charge in [0.1, 0.15) is 0 Å². The normalized spacial score (nSPS) is 9.65. The highest BCUT2D eigenvalue weighted by Gasteiger charge is 2.07. The van der Waals surface area contributed by atoms with Crippen molar-refractivity contribution in [2.45, 2.75) is 0 Å². The second kappa shape index (κ2) is 8.08. The SMILES string of the molecule is C=C(NNC(=S)NCCOC)c1cccc([N+](=O)[O-])c1. The molecule has 0 aliphatic carbocycles. The summed E-state index contributed by atoms with van der Waals surface area (Å²) in [6.07, 6.45) is 0. The smallest absolute Gasteiger partial charge is 0.270 e. The maximum Gasteiger partial charge on any atom is 0.270 e. The van der Waals surface area contributed by atoms with Crippen LogP contribution in [0.15, 0.2) is 30.8 Å². The lowest BCUT2D eigenvalue weighted by Gasteiger charge is -2.14. The highest BCUT2D eigenvalue weighted by molar-refractivity contribution is 7.80. The van der Waals surface area contributed by atoms with E-state index < -0.39 is 4.92 Å². The molecule has 3 N–H and O–H groups in total. The molecule has 0 aliphatic rings. The predicted molar refractivity (Wildman–Crippen MR) is 80.9 cm³/mol. The van der Waals surface area contributed by atoms with Crippen LogP contribution < -0.4 is 16.2 Å². The molecule has 0 atom stereocenters. The molecule has 0 spiro atoms. The highest BCUT2D eigenvalue weighted by Crippen LogP contribution is 2.16. The van der Waals surface area contributed by atoms with Crippen LogP contribution in [-0.4, -0.2) is 30.3 Å². The average Bonchev–Trinajstić information content (AvgIpc) is 2.45. The van der Waals surface area contributed by atoms with Gasteiger partial charge in [-0.2, -0.15) is 0 Å². The van der Waals surface area contributed by atoms with Gasteiger partial charge in [-0.1, -0.05) is 18.7 Å². The predicted octanol–water partition coefficient (Wildman–Crippen LogP) is 1.18. The van der Waals surface area contributed by atoms with Crippen LogP contribution in [0, 0.1) is 10.1 Å². The van der Waals surface area contributed by atoms with Gasteiger partial charge in [0.2, 0.25) is 0 Å². The van der Waals surface area contributed by atoms with Gasteiger partial charge in [-0.15, -0.1) is 0 Å². The van der Waals surface area contributed by atoms with Crippen LogP contribution in [0.3, 0.4) is 0 Å². The molecule has 20 heavy (non-hydrogen) atoms. The Morgan fingerprint density at radius 1 is 1.50 bits per heavy atom. The number of benzene rings is 1. The molecular weight excluding hydrogens is 280 g/mol. The van der Waals surface area contributed by atoms with Crippen molar-refractivity contribution in [3.05, 3.63) is 46.5 Å². The molecule has 108 valence electrons. The summed E-state index contributed by atoms with van der Waals surface area (Å²) in [6, 6.07) is 6.15. The molecule has 1 rings (SSSR count). The largest absolute Gasteiger partial charge is 0.383 e. The molecular formula is C12H16N4O3S. The standard InChI is InChI=1S/C12H16N4O3S/c1-9(14-15-12(20)13-6-7-19-2)10-4-3-5-11(8-10)16(17)18/h3-5,8,14H,1,6-7H2,2H3,(H2,13,15,20). The van der Waals surface area contributed by atoms with Crippen molar-refractivity contribution in [3.63, 3.8) is 0 Å². The summed E-state index contributed by atoms with van der Waals surface area (Å²) in [7, 11) is 1.60. The number of methoxy groups -OCH3 is 1. The number of nitro groups is 1. The lowest BCUT2D eigenvalue weighted by atomic mass is 10.1. The van der Waals surface area contributed by atoms with Gasteiger partial charge in [0.25, 0.3) is 5.69 Å². The fourth-order valence-electron chi connectivity index (χ4n) is 1.32. The number of nitro benzene ring substituents is 1. The van der Waals surface area contributed by atoms with E-state index in [1.54, 1.807) is 19.2 Å². The van der Waals surface area contributed by atoms with E-state index in [9.17, 15) is 10.1 Å². The Balaban J connectivity index is 2.48. The van der Waals surface area contributed by atoms with Gasteiger partial charge in [-0.25, -0.2) is 0 Å². The first-order chi connectivity index (χ1) is 9.54. The number of nitrogens with zero attached hydrogens (tertiary/aromatic N) is 1. The summed E-state index contributed by atoms with van der Waals surface area (Å²) in [5.74, 6) is 0. The van der Waals surface area contributed by atoms with Crippen LogP contribution in [0.5, 0.6) is 0 Å². The quantitative estimate of drug-likeness (QED) is 0.301. The first-order valence-electron chi connectivity index (χ1n) is 5.77. The van der Waals surface area contributed by atoms with Crippen molar-refractivity contribution in [1.82, 2.24) is 16.2 Å². The third-order valence-corrected chi connectivity index (χ3v) is 2.57. The minimum Gasteiger partial charge on any atom is -0.383 e. The second-order valence-electron chi connectivity index (χ2n) is 3.78. The fraction of sp³-hybridized carbons (Fsp3) is 0.250. The molecule has 8 heteroatoms. The van der Waals surface area contributed by atoms with E-state index in [1.807, 2.05) is 0 Å². The number of hydrogen-bond donors (Lipinski definition) is 3. The molecule has 0 bridgehead atoms. The number of ether oxygens (including phenoxy) is 1. The third-order valence-electron chi connectivity index (χ3n) is 2.32. The van der Waals surface area contributed by atoms with Gasteiger partial charge < -0.3 is 10.1 Å². The van der Waals surface area contributed by atoms with Gasteiger partial charge >= 0.3 is 0 Å². The van der Waals surface area contributed by atoms with Crippen molar-refractivity contribution in [2.24, 2.45) is 0 Å². The minimum atomic E-state index is -0.457. The average molecular weight is 296 g/mol. The van der Waals surface area contributed by atoms with Crippen molar-refractivity contribution in [1.29, 1.82) is 0 Å². The number of nitrogens with one attached hydrogen (secondary N) is 3. The maximum absolute atomic E-state index is 10.7. The van der Waals surface area contributed by atoms with Crippen molar-refractivity contribution >= 4 is 28.7 Å². The third kappa shape index (κ3) is 5.21. The van der Waals surface area contributed by atoms with E-state index in [2.05, 4.69) is 22.7 Å². The van der Waals surface area contributed by atoms with E-state index in [0.717, 1.165) is 0 Å².